The highest BCUT2D eigenvalue weighted by molar-refractivity contribution is 5.71. The molecule has 0 unspecified atom stereocenters. The summed E-state index contributed by atoms with van der Waals surface area (Å²) in [5, 5.41) is 0. The molecule has 0 aromatic carbocycles. The number of esters is 3. The van der Waals surface area contributed by atoms with Gasteiger partial charge in [0.15, 0.2) is 6.10 Å². The van der Waals surface area contributed by atoms with Gasteiger partial charge < -0.3 is 14.2 Å². The van der Waals surface area contributed by atoms with Gasteiger partial charge in [0, 0.05) is 19.3 Å². The van der Waals surface area contributed by atoms with Crippen molar-refractivity contribution in [3.8, 4) is 0 Å². The van der Waals surface area contributed by atoms with Crippen molar-refractivity contribution in [1.29, 1.82) is 0 Å². The normalized spacial score (nSPS) is 11.9. The largest absolute Gasteiger partial charge is 0.462 e. The average molecular weight is 737 g/mol. The van der Waals surface area contributed by atoms with E-state index in [1.165, 1.54) is 141 Å². The Hall–Kier alpha value is -1.59. The topological polar surface area (TPSA) is 78.9 Å². The third-order valence-electron chi connectivity index (χ3n) is 10.3. The van der Waals surface area contributed by atoms with Gasteiger partial charge in [-0.25, -0.2) is 0 Å². The van der Waals surface area contributed by atoms with Crippen LogP contribution in [0.4, 0.5) is 0 Å². The fraction of sp³-hybridized carbons (Fsp3) is 0.935. The Kier molecular flexibility index (Phi) is 39.4. The van der Waals surface area contributed by atoms with Gasteiger partial charge in [0.05, 0.1) is 0 Å². The predicted octanol–water partition coefficient (Wildman–Crippen LogP) is 14.3. The van der Waals surface area contributed by atoms with Crippen LogP contribution in [0.5, 0.6) is 0 Å². The van der Waals surface area contributed by atoms with Crippen LogP contribution >= 0.6 is 0 Å². The second-order valence-corrected chi connectivity index (χ2v) is 16.2. The molecule has 1 atom stereocenters. The molecule has 0 fully saturated rings. The lowest BCUT2D eigenvalue weighted by atomic mass is 10.0. The summed E-state index contributed by atoms with van der Waals surface area (Å²) in [6.07, 6.45) is 39.8. The van der Waals surface area contributed by atoms with Gasteiger partial charge in [-0.3, -0.25) is 14.4 Å². The van der Waals surface area contributed by atoms with Crippen molar-refractivity contribution in [2.45, 2.75) is 259 Å². The molecule has 6 heteroatoms. The van der Waals surface area contributed by atoms with E-state index < -0.39 is 6.10 Å². The summed E-state index contributed by atoms with van der Waals surface area (Å²) in [6, 6.07) is 0. The molecule has 0 aliphatic heterocycles. The Bertz CT molecular complexity index is 781. The van der Waals surface area contributed by atoms with Crippen LogP contribution in [-0.4, -0.2) is 37.2 Å². The highest BCUT2D eigenvalue weighted by atomic mass is 16.6. The lowest BCUT2D eigenvalue weighted by Gasteiger charge is -2.18. The summed E-state index contributed by atoms with van der Waals surface area (Å²) in [6.45, 7) is 8.93. The van der Waals surface area contributed by atoms with Crippen molar-refractivity contribution in [3.63, 3.8) is 0 Å². The summed E-state index contributed by atoms with van der Waals surface area (Å²) in [4.78, 5) is 37.4. The third-order valence-corrected chi connectivity index (χ3v) is 10.3. The molecule has 0 heterocycles. The van der Waals surface area contributed by atoms with Crippen LogP contribution in [0.25, 0.3) is 0 Å². The first-order chi connectivity index (χ1) is 25.4. The predicted molar refractivity (Wildman–Crippen MR) is 220 cm³/mol. The zero-order valence-electron chi connectivity index (χ0n) is 35.3. The summed E-state index contributed by atoms with van der Waals surface area (Å²) < 4.78 is 16.6. The van der Waals surface area contributed by atoms with Crippen LogP contribution < -0.4 is 0 Å². The molecule has 0 bridgehead atoms. The summed E-state index contributed by atoms with van der Waals surface area (Å²) in [7, 11) is 0. The fourth-order valence-electron chi connectivity index (χ4n) is 6.80. The zero-order chi connectivity index (χ0) is 38.2. The molecule has 0 aliphatic carbocycles. The maximum atomic E-state index is 12.5. The summed E-state index contributed by atoms with van der Waals surface area (Å²) in [5.74, 6) is -0.0197. The Labute approximate surface area is 323 Å². The van der Waals surface area contributed by atoms with Crippen LogP contribution in [0, 0.1) is 5.92 Å². The van der Waals surface area contributed by atoms with Crippen molar-refractivity contribution in [2.75, 3.05) is 13.2 Å². The molecule has 0 aliphatic rings. The minimum Gasteiger partial charge on any atom is -0.462 e. The first kappa shape index (κ1) is 50.4. The number of carbonyl (C=O) groups is 3. The first-order valence-electron chi connectivity index (χ1n) is 22.9. The summed E-state index contributed by atoms with van der Waals surface area (Å²) >= 11 is 0. The average Bonchev–Trinajstić information content (AvgIpc) is 3.12. The molecule has 0 rings (SSSR count). The Morgan fingerprint density at radius 2 is 0.635 bits per heavy atom. The molecule has 0 N–H and O–H groups in total. The molecular formula is C46H88O6. The highest BCUT2D eigenvalue weighted by Gasteiger charge is 2.19. The van der Waals surface area contributed by atoms with Gasteiger partial charge in [-0.1, -0.05) is 214 Å². The minimum absolute atomic E-state index is 0.0650. The van der Waals surface area contributed by atoms with Crippen molar-refractivity contribution in [3.05, 3.63) is 0 Å². The van der Waals surface area contributed by atoms with Crippen LogP contribution in [0.3, 0.4) is 0 Å². The maximum Gasteiger partial charge on any atom is 0.306 e. The molecule has 0 saturated carbocycles. The van der Waals surface area contributed by atoms with Crippen LogP contribution in [0.15, 0.2) is 0 Å². The van der Waals surface area contributed by atoms with Gasteiger partial charge in [0.25, 0.3) is 0 Å². The molecule has 0 amide bonds. The molecular weight excluding hydrogens is 649 g/mol. The van der Waals surface area contributed by atoms with Gasteiger partial charge in [-0.2, -0.15) is 0 Å². The van der Waals surface area contributed by atoms with Gasteiger partial charge in [-0.05, 0) is 25.2 Å². The monoisotopic (exact) mass is 737 g/mol. The molecule has 0 aromatic heterocycles. The molecule has 0 spiro atoms. The fourth-order valence-corrected chi connectivity index (χ4v) is 6.80. The van der Waals surface area contributed by atoms with Gasteiger partial charge in [-0.15, -0.1) is 0 Å². The van der Waals surface area contributed by atoms with E-state index in [2.05, 4.69) is 27.7 Å². The van der Waals surface area contributed by atoms with E-state index in [4.69, 9.17) is 14.2 Å². The van der Waals surface area contributed by atoms with E-state index in [0.717, 1.165) is 70.1 Å². The van der Waals surface area contributed by atoms with Gasteiger partial charge in [0.2, 0.25) is 0 Å². The second kappa shape index (κ2) is 40.6. The maximum absolute atomic E-state index is 12.5. The van der Waals surface area contributed by atoms with Crippen LogP contribution in [-0.2, 0) is 28.6 Å². The van der Waals surface area contributed by atoms with Crippen molar-refractivity contribution in [1.82, 2.24) is 0 Å². The van der Waals surface area contributed by atoms with Crippen molar-refractivity contribution in [2.24, 2.45) is 5.92 Å². The Balaban J connectivity index is 4.08. The standard InChI is InChI=1S/C46H88O6/c1-5-7-9-11-12-13-19-23-26-30-33-37-44(47)50-40-43(52-46(49)39-35-28-10-8-6-2)41-51-45(48)38-34-31-27-24-21-18-16-14-15-17-20-22-25-29-32-36-42(3)4/h42-43H,5-41H2,1-4H3/t43-/m1/s1. The van der Waals surface area contributed by atoms with Crippen molar-refractivity contribution < 1.29 is 28.6 Å². The van der Waals surface area contributed by atoms with Gasteiger partial charge in [0.1, 0.15) is 13.2 Å². The lowest BCUT2D eigenvalue weighted by molar-refractivity contribution is -0.167. The van der Waals surface area contributed by atoms with E-state index >= 15 is 0 Å². The molecule has 52 heavy (non-hydrogen) atoms. The van der Waals surface area contributed by atoms with E-state index in [9.17, 15) is 14.4 Å². The molecule has 308 valence electrons. The molecule has 0 radical (unpaired) electrons. The minimum atomic E-state index is -0.757. The van der Waals surface area contributed by atoms with E-state index in [1.807, 2.05) is 0 Å². The Morgan fingerprint density at radius 3 is 0.942 bits per heavy atom. The molecule has 0 saturated heterocycles. The quantitative estimate of drug-likeness (QED) is 0.0353. The first-order valence-corrected chi connectivity index (χ1v) is 22.9. The number of hydrogen-bond acceptors (Lipinski definition) is 6. The lowest BCUT2D eigenvalue weighted by Crippen LogP contribution is -2.30. The number of hydrogen-bond donors (Lipinski definition) is 0. The molecule has 6 nitrogen and oxygen atoms in total. The smallest absolute Gasteiger partial charge is 0.306 e. The number of carbonyl (C=O) groups excluding carboxylic acids is 3. The number of rotatable bonds is 41. The van der Waals surface area contributed by atoms with E-state index in [-0.39, 0.29) is 31.1 Å². The SMILES string of the molecule is CCCCCCCCCCCCCC(=O)OC[C@H](COC(=O)CCCCCCCCCCCCCCCCCC(C)C)OC(=O)CCCCCCC. The second-order valence-electron chi connectivity index (χ2n) is 16.2. The third kappa shape index (κ3) is 39.6. The highest BCUT2D eigenvalue weighted by Crippen LogP contribution is 2.16. The van der Waals surface area contributed by atoms with Crippen molar-refractivity contribution >= 4 is 17.9 Å². The number of ether oxygens (including phenoxy) is 3. The van der Waals surface area contributed by atoms with E-state index in [1.54, 1.807) is 0 Å². The molecule has 0 aromatic rings. The number of unbranched alkanes of at least 4 members (excludes halogenated alkanes) is 28. The van der Waals surface area contributed by atoms with Crippen LogP contribution in [0.2, 0.25) is 0 Å². The summed E-state index contributed by atoms with van der Waals surface area (Å²) in [5.41, 5.74) is 0. The van der Waals surface area contributed by atoms with Crippen LogP contribution in [0.1, 0.15) is 252 Å². The Morgan fingerprint density at radius 1 is 0.365 bits per heavy atom. The van der Waals surface area contributed by atoms with E-state index in [0.29, 0.717) is 19.3 Å². The zero-order valence-corrected chi connectivity index (χ0v) is 35.3. The van der Waals surface area contributed by atoms with Gasteiger partial charge >= 0.3 is 17.9 Å².